The third-order valence-electron chi connectivity index (χ3n) is 5.15. The van der Waals surface area contributed by atoms with E-state index in [2.05, 4.69) is 34.8 Å². The van der Waals surface area contributed by atoms with Crippen LogP contribution in [-0.2, 0) is 11.2 Å². The zero-order valence-corrected chi connectivity index (χ0v) is 21.8. The van der Waals surface area contributed by atoms with Gasteiger partial charge >= 0.3 is 18.2 Å². The van der Waals surface area contributed by atoms with Crippen LogP contribution in [0.5, 0.6) is 6.01 Å². The van der Waals surface area contributed by atoms with Crippen LogP contribution in [0.25, 0.3) is 22.3 Å². The van der Waals surface area contributed by atoms with Crippen LogP contribution in [-0.4, -0.2) is 59.7 Å². The van der Waals surface area contributed by atoms with E-state index in [-0.39, 0.29) is 18.2 Å². The van der Waals surface area contributed by atoms with E-state index in [0.29, 0.717) is 27.2 Å². The molecule has 0 amide bonds. The van der Waals surface area contributed by atoms with Crippen LogP contribution in [0.15, 0.2) is 55.0 Å². The van der Waals surface area contributed by atoms with Crippen molar-refractivity contribution in [1.29, 1.82) is 0 Å². The molecule has 0 saturated carbocycles. The Balaban J connectivity index is 0.000000470. The maximum Gasteiger partial charge on any atom is 0.490 e. The number of carboxylic acids is 1. The minimum atomic E-state index is -5.08. The summed E-state index contributed by atoms with van der Waals surface area (Å²) in [4.78, 5) is 34.0. The number of carbonyl (C=O) groups is 2. The van der Waals surface area contributed by atoms with Crippen LogP contribution < -0.4 is 10.1 Å². The Labute approximate surface area is 232 Å². The van der Waals surface area contributed by atoms with Crippen LogP contribution in [0.3, 0.4) is 0 Å². The Morgan fingerprint density at radius 1 is 1.15 bits per heavy atom. The minimum Gasteiger partial charge on any atom is -0.475 e. The fourth-order valence-corrected chi connectivity index (χ4v) is 4.12. The van der Waals surface area contributed by atoms with E-state index in [1.54, 1.807) is 6.20 Å². The van der Waals surface area contributed by atoms with Crippen LogP contribution in [0.1, 0.15) is 15.9 Å². The summed E-state index contributed by atoms with van der Waals surface area (Å²) in [5.74, 6) is -2.29. The fourth-order valence-electron chi connectivity index (χ4n) is 3.26. The van der Waals surface area contributed by atoms with Crippen molar-refractivity contribution < 1.29 is 32.6 Å². The molecule has 0 aliphatic carbocycles. The van der Waals surface area contributed by atoms with Crippen LogP contribution in [0.2, 0.25) is 5.02 Å². The second-order valence-electron chi connectivity index (χ2n) is 7.87. The summed E-state index contributed by atoms with van der Waals surface area (Å²) in [7, 11) is 1.47. The molecular formula is C24H17ClF3N7O4S. The summed E-state index contributed by atoms with van der Waals surface area (Å²) < 4.78 is 41.1. The zero-order valence-electron chi connectivity index (χ0n) is 20.2. The Bertz CT molecular complexity index is 1660. The molecule has 0 spiro atoms. The maximum absolute atomic E-state index is 12.6. The summed E-state index contributed by atoms with van der Waals surface area (Å²) >= 11 is 7.71. The van der Waals surface area contributed by atoms with Gasteiger partial charge in [-0.25, -0.2) is 14.8 Å². The van der Waals surface area contributed by atoms with Gasteiger partial charge in [0, 0.05) is 41.3 Å². The third-order valence-corrected chi connectivity index (χ3v) is 6.19. The average molecular weight is 592 g/mol. The SMILES string of the molecule is COc1ncc(C(=O)Cc2cccc(-c3nsc(Nc4ccc5[nH]ncc5c4Cl)n3)c2)cn1.O=C(O)C(F)(F)F. The molecule has 3 heterocycles. The first-order chi connectivity index (χ1) is 19.0. The minimum absolute atomic E-state index is 0.0901. The Kier molecular flexibility index (Phi) is 8.55. The number of fused-ring (bicyclic) bond motifs is 1. The number of carboxylic acid groups (broad SMARTS) is 1. The highest BCUT2D eigenvalue weighted by molar-refractivity contribution is 7.10. The number of methoxy groups -OCH3 is 1. The molecule has 0 bridgehead atoms. The highest BCUT2D eigenvalue weighted by atomic mass is 35.5. The third kappa shape index (κ3) is 6.86. The van der Waals surface area contributed by atoms with Gasteiger partial charge in [-0.05, 0) is 23.8 Å². The van der Waals surface area contributed by atoms with Gasteiger partial charge in [0.05, 0.1) is 35.1 Å². The molecule has 2 aromatic carbocycles. The number of carbonyl (C=O) groups excluding carboxylic acids is 1. The van der Waals surface area contributed by atoms with Crippen LogP contribution in [0, 0.1) is 0 Å². The van der Waals surface area contributed by atoms with Gasteiger partial charge in [0.15, 0.2) is 11.6 Å². The molecular weight excluding hydrogens is 575 g/mol. The number of halogens is 4. The van der Waals surface area contributed by atoms with Crippen molar-refractivity contribution >= 4 is 56.6 Å². The molecule has 40 heavy (non-hydrogen) atoms. The highest BCUT2D eigenvalue weighted by Crippen LogP contribution is 2.33. The lowest BCUT2D eigenvalue weighted by molar-refractivity contribution is -0.192. The number of alkyl halides is 3. The Morgan fingerprint density at radius 2 is 1.88 bits per heavy atom. The lowest BCUT2D eigenvalue weighted by Gasteiger charge is -2.05. The van der Waals surface area contributed by atoms with Gasteiger partial charge in [-0.3, -0.25) is 9.89 Å². The number of ketones is 1. The number of anilines is 2. The predicted octanol–water partition coefficient (Wildman–Crippen LogP) is 5.34. The average Bonchev–Trinajstić information content (AvgIpc) is 3.61. The molecule has 0 unspecified atom stereocenters. The number of benzene rings is 2. The van der Waals surface area contributed by atoms with E-state index in [1.807, 2.05) is 36.4 Å². The number of hydrogen-bond donors (Lipinski definition) is 3. The number of hydrogen-bond acceptors (Lipinski definition) is 10. The molecule has 3 N–H and O–H groups in total. The number of Topliss-reactive ketones (excluding diaryl/α,β-unsaturated/α-hetero) is 1. The molecule has 0 atom stereocenters. The monoisotopic (exact) mass is 591 g/mol. The topological polar surface area (TPSA) is 156 Å². The number of H-pyrrole nitrogens is 1. The molecule has 0 saturated heterocycles. The fraction of sp³-hybridized carbons (Fsp3) is 0.125. The summed E-state index contributed by atoms with van der Waals surface area (Å²) in [6.07, 6.45) is -0.272. The second-order valence-corrected chi connectivity index (χ2v) is 9.00. The first-order valence-corrected chi connectivity index (χ1v) is 12.2. The largest absolute Gasteiger partial charge is 0.490 e. The van der Waals surface area contributed by atoms with E-state index >= 15 is 0 Å². The van der Waals surface area contributed by atoms with E-state index in [9.17, 15) is 18.0 Å². The highest BCUT2D eigenvalue weighted by Gasteiger charge is 2.38. The quantitative estimate of drug-likeness (QED) is 0.211. The number of nitrogens with zero attached hydrogens (tertiary/aromatic N) is 5. The van der Waals surface area contributed by atoms with Crippen molar-refractivity contribution in [3.63, 3.8) is 0 Å². The number of nitrogens with one attached hydrogen (secondary N) is 2. The van der Waals surface area contributed by atoms with Gasteiger partial charge in [-0.15, -0.1) is 0 Å². The van der Waals surface area contributed by atoms with Gasteiger partial charge in [-0.1, -0.05) is 29.8 Å². The number of ether oxygens (including phenoxy) is 1. The number of aliphatic carboxylic acids is 1. The van der Waals surface area contributed by atoms with E-state index < -0.39 is 12.1 Å². The molecule has 0 fully saturated rings. The van der Waals surface area contributed by atoms with Gasteiger partial charge in [-0.2, -0.15) is 27.6 Å². The molecule has 0 aliphatic heterocycles. The molecule has 206 valence electrons. The predicted molar refractivity (Wildman–Crippen MR) is 140 cm³/mol. The molecule has 11 nitrogen and oxygen atoms in total. The first-order valence-electron chi connectivity index (χ1n) is 11.1. The second kappa shape index (κ2) is 12.0. The van der Waals surface area contributed by atoms with Crippen molar-refractivity contribution in [2.45, 2.75) is 12.6 Å². The first kappa shape index (κ1) is 28.4. The van der Waals surface area contributed by atoms with Crippen molar-refractivity contribution in [1.82, 2.24) is 29.5 Å². The van der Waals surface area contributed by atoms with Gasteiger partial charge < -0.3 is 15.2 Å². The summed E-state index contributed by atoms with van der Waals surface area (Å²) in [5, 5.41) is 19.2. The van der Waals surface area contributed by atoms with Crippen LogP contribution >= 0.6 is 23.1 Å². The maximum atomic E-state index is 12.6. The van der Waals surface area contributed by atoms with E-state index in [0.717, 1.165) is 22.0 Å². The van der Waals surface area contributed by atoms with Crippen molar-refractivity contribution in [2.75, 3.05) is 12.4 Å². The summed E-state index contributed by atoms with van der Waals surface area (Å²) in [5.41, 5.74) is 3.65. The van der Waals surface area contributed by atoms with Crippen molar-refractivity contribution in [2.24, 2.45) is 0 Å². The van der Waals surface area contributed by atoms with E-state index in [1.165, 1.54) is 31.0 Å². The Hall–Kier alpha value is -4.63. The van der Waals surface area contributed by atoms with Gasteiger partial charge in [0.2, 0.25) is 5.13 Å². The molecule has 5 rings (SSSR count). The molecule has 16 heteroatoms. The lowest BCUT2D eigenvalue weighted by atomic mass is 10.0. The molecule has 5 aromatic rings. The number of aromatic nitrogens is 6. The molecule has 3 aromatic heterocycles. The van der Waals surface area contributed by atoms with Gasteiger partial charge in [0.25, 0.3) is 0 Å². The smallest absolute Gasteiger partial charge is 0.475 e. The van der Waals surface area contributed by atoms with Gasteiger partial charge in [0.1, 0.15) is 0 Å². The number of aromatic amines is 1. The zero-order chi connectivity index (χ0) is 28.9. The molecule has 0 radical (unpaired) electrons. The standard InChI is InChI=1S/C22H16ClN7O2S.C2HF3O2/c1-32-21-24-9-14(10-25-21)18(31)8-12-3-2-4-13(7-12)20-28-22(33-30-20)27-17-6-5-16-15(19(17)23)11-26-29-16;3-2(4,5)1(6)7/h2-7,9-11H,8H2,1H3,(H,26,29)(H,27,28,30);(H,6,7). The van der Waals surface area contributed by atoms with Crippen molar-refractivity contribution in [3.05, 3.63) is 71.1 Å². The van der Waals surface area contributed by atoms with E-state index in [4.69, 9.17) is 26.2 Å². The van der Waals surface area contributed by atoms with Crippen LogP contribution in [0.4, 0.5) is 24.0 Å². The number of rotatable bonds is 7. The Morgan fingerprint density at radius 3 is 2.55 bits per heavy atom. The summed E-state index contributed by atoms with van der Waals surface area (Å²) in [6, 6.07) is 11.5. The van der Waals surface area contributed by atoms with Crippen molar-refractivity contribution in [3.8, 4) is 17.4 Å². The normalized spacial score (nSPS) is 11.0. The molecule has 0 aliphatic rings. The summed E-state index contributed by atoms with van der Waals surface area (Å²) in [6.45, 7) is 0. The lowest BCUT2D eigenvalue weighted by Crippen LogP contribution is -2.21.